The maximum Gasteiger partial charge on any atom is 0.102 e. The molecule has 2 atom stereocenters. The zero-order valence-corrected chi connectivity index (χ0v) is 16.8. The highest BCUT2D eigenvalue weighted by molar-refractivity contribution is 5.21. The average molecular weight is 340 g/mol. The summed E-state index contributed by atoms with van der Waals surface area (Å²) in [5, 5.41) is 2.19. The number of benzene rings is 2. The van der Waals surface area contributed by atoms with Crippen LogP contribution in [-0.4, -0.2) is 10.6 Å². The highest BCUT2D eigenvalue weighted by Crippen LogP contribution is 2.43. The van der Waals surface area contributed by atoms with Crippen LogP contribution < -0.4 is 0 Å². The lowest BCUT2D eigenvalue weighted by atomic mass is 9.80. The van der Waals surface area contributed by atoms with Gasteiger partial charge < -0.3 is 0 Å². The van der Waals surface area contributed by atoms with Crippen LogP contribution in [0.3, 0.4) is 0 Å². The standard InChI is InChI=1S/C23H33NO/c1-18(19-14-10-8-11-15-19)25-24(23(5,6)7)21(22(2,3)4)20-16-12-9-13-17-20/h8-18,21H,1-7H3. The number of hydrogen-bond acceptors (Lipinski definition) is 2. The molecule has 136 valence electrons. The third-order valence-electron chi connectivity index (χ3n) is 4.37. The number of rotatable bonds is 5. The summed E-state index contributed by atoms with van der Waals surface area (Å²) in [4.78, 5) is 6.58. The summed E-state index contributed by atoms with van der Waals surface area (Å²) in [5.41, 5.74) is 2.38. The zero-order valence-electron chi connectivity index (χ0n) is 16.8. The molecule has 0 N–H and O–H groups in total. The Morgan fingerprint density at radius 1 is 0.720 bits per heavy atom. The van der Waals surface area contributed by atoms with E-state index in [1.807, 2.05) is 6.07 Å². The molecule has 0 aliphatic carbocycles. The van der Waals surface area contributed by atoms with E-state index in [-0.39, 0.29) is 23.1 Å². The predicted octanol–water partition coefficient (Wildman–Crippen LogP) is 6.57. The Kier molecular flexibility index (Phi) is 6.08. The minimum Gasteiger partial charge on any atom is -0.290 e. The van der Waals surface area contributed by atoms with Gasteiger partial charge >= 0.3 is 0 Å². The van der Waals surface area contributed by atoms with Gasteiger partial charge in [-0.3, -0.25) is 4.84 Å². The minimum atomic E-state index is -0.128. The van der Waals surface area contributed by atoms with Gasteiger partial charge in [-0.1, -0.05) is 81.4 Å². The molecule has 0 spiro atoms. The summed E-state index contributed by atoms with van der Waals surface area (Å²) in [6.07, 6.45) is -0.00557. The van der Waals surface area contributed by atoms with E-state index in [4.69, 9.17) is 4.84 Å². The molecule has 0 aliphatic rings. The van der Waals surface area contributed by atoms with Gasteiger partial charge in [-0.2, -0.15) is 5.06 Å². The van der Waals surface area contributed by atoms with Crippen LogP contribution in [0.1, 0.15) is 71.7 Å². The maximum absolute atomic E-state index is 6.58. The molecule has 2 nitrogen and oxygen atoms in total. The highest BCUT2D eigenvalue weighted by Gasteiger charge is 2.39. The Labute approximate surface area is 153 Å². The second kappa shape index (κ2) is 7.72. The van der Waals surface area contributed by atoms with Gasteiger partial charge in [-0.05, 0) is 44.2 Å². The molecule has 25 heavy (non-hydrogen) atoms. The average Bonchev–Trinajstić information content (AvgIpc) is 2.54. The molecule has 0 saturated heterocycles. The third-order valence-corrected chi connectivity index (χ3v) is 4.37. The third kappa shape index (κ3) is 5.17. The van der Waals surface area contributed by atoms with Crippen molar-refractivity contribution >= 4 is 0 Å². The van der Waals surface area contributed by atoms with Crippen molar-refractivity contribution in [3.63, 3.8) is 0 Å². The van der Waals surface area contributed by atoms with Gasteiger partial charge in [0.2, 0.25) is 0 Å². The monoisotopic (exact) mass is 339 g/mol. The Balaban J connectivity index is 2.40. The molecule has 0 amide bonds. The van der Waals surface area contributed by atoms with Gasteiger partial charge in [0.25, 0.3) is 0 Å². The first-order valence-electron chi connectivity index (χ1n) is 9.16. The second-order valence-electron chi connectivity index (χ2n) is 8.83. The summed E-state index contributed by atoms with van der Waals surface area (Å²) in [6.45, 7) is 15.6. The lowest BCUT2D eigenvalue weighted by Crippen LogP contribution is -2.48. The normalized spacial score (nSPS) is 15.2. The number of nitrogens with zero attached hydrogens (tertiary/aromatic N) is 1. The molecule has 0 saturated carbocycles. The molecule has 0 fully saturated rings. The van der Waals surface area contributed by atoms with E-state index >= 15 is 0 Å². The molecule has 0 aliphatic heterocycles. The van der Waals surface area contributed by atoms with Crippen molar-refractivity contribution in [2.24, 2.45) is 5.41 Å². The molecular formula is C23H33NO. The molecule has 2 rings (SSSR count). The summed E-state index contributed by atoms with van der Waals surface area (Å²) in [6, 6.07) is 21.3. The van der Waals surface area contributed by atoms with Crippen LogP contribution in [0.4, 0.5) is 0 Å². The van der Waals surface area contributed by atoms with E-state index in [1.54, 1.807) is 0 Å². The lowest BCUT2D eigenvalue weighted by molar-refractivity contribution is -0.281. The van der Waals surface area contributed by atoms with Crippen LogP contribution in [0.15, 0.2) is 60.7 Å². The molecule has 0 bridgehead atoms. The van der Waals surface area contributed by atoms with Crippen molar-refractivity contribution < 1.29 is 4.84 Å². The first-order chi connectivity index (χ1) is 11.6. The molecular weight excluding hydrogens is 306 g/mol. The first kappa shape index (κ1) is 19.7. The molecule has 2 unspecified atom stereocenters. The highest BCUT2D eigenvalue weighted by atomic mass is 16.7. The lowest BCUT2D eigenvalue weighted by Gasteiger charge is -2.47. The quantitative estimate of drug-likeness (QED) is 0.571. The largest absolute Gasteiger partial charge is 0.290 e. The smallest absolute Gasteiger partial charge is 0.102 e. The van der Waals surface area contributed by atoms with Crippen molar-refractivity contribution in [1.82, 2.24) is 5.06 Å². The maximum atomic E-state index is 6.58. The second-order valence-corrected chi connectivity index (χ2v) is 8.83. The summed E-state index contributed by atoms with van der Waals surface area (Å²) in [5.74, 6) is 0. The first-order valence-corrected chi connectivity index (χ1v) is 9.16. The van der Waals surface area contributed by atoms with Gasteiger partial charge in [-0.15, -0.1) is 0 Å². The molecule has 0 aromatic heterocycles. The van der Waals surface area contributed by atoms with Gasteiger partial charge in [-0.25, -0.2) is 0 Å². The van der Waals surface area contributed by atoms with Gasteiger partial charge in [0.15, 0.2) is 0 Å². The summed E-state index contributed by atoms with van der Waals surface area (Å²) >= 11 is 0. The van der Waals surface area contributed by atoms with E-state index in [0.717, 1.165) is 0 Å². The van der Waals surface area contributed by atoms with Gasteiger partial charge in [0, 0.05) is 5.54 Å². The Morgan fingerprint density at radius 2 is 1.16 bits per heavy atom. The Hall–Kier alpha value is -1.64. The van der Waals surface area contributed by atoms with Crippen molar-refractivity contribution in [2.75, 3.05) is 0 Å². The van der Waals surface area contributed by atoms with E-state index in [0.29, 0.717) is 0 Å². The Bertz CT molecular complexity index is 637. The van der Waals surface area contributed by atoms with E-state index in [9.17, 15) is 0 Å². The fourth-order valence-electron chi connectivity index (χ4n) is 3.18. The fourth-order valence-corrected chi connectivity index (χ4v) is 3.18. The van der Waals surface area contributed by atoms with Crippen LogP contribution in [0, 0.1) is 5.41 Å². The SMILES string of the molecule is CC(ON(C(c1ccccc1)C(C)(C)C)C(C)(C)C)c1ccccc1. The van der Waals surface area contributed by atoms with Crippen LogP contribution in [0.25, 0.3) is 0 Å². The van der Waals surface area contributed by atoms with Crippen molar-refractivity contribution in [2.45, 2.75) is 66.2 Å². The van der Waals surface area contributed by atoms with Crippen LogP contribution >= 0.6 is 0 Å². The molecule has 0 heterocycles. The topological polar surface area (TPSA) is 12.5 Å². The van der Waals surface area contributed by atoms with Crippen LogP contribution in [0.2, 0.25) is 0 Å². The van der Waals surface area contributed by atoms with Crippen molar-refractivity contribution in [3.05, 3.63) is 71.8 Å². The van der Waals surface area contributed by atoms with Crippen molar-refractivity contribution in [3.8, 4) is 0 Å². The van der Waals surface area contributed by atoms with Gasteiger partial charge in [0.05, 0.1) is 6.04 Å². The van der Waals surface area contributed by atoms with Crippen LogP contribution in [-0.2, 0) is 4.84 Å². The van der Waals surface area contributed by atoms with E-state index < -0.39 is 0 Å². The molecule has 2 aromatic rings. The van der Waals surface area contributed by atoms with Crippen LogP contribution in [0.5, 0.6) is 0 Å². The van der Waals surface area contributed by atoms with Gasteiger partial charge in [0.1, 0.15) is 6.10 Å². The number of hydrogen-bond donors (Lipinski definition) is 0. The minimum absolute atomic E-state index is 0.00557. The Morgan fingerprint density at radius 3 is 1.56 bits per heavy atom. The fraction of sp³-hybridized carbons (Fsp3) is 0.478. The molecule has 2 heteroatoms. The predicted molar refractivity (Wildman–Crippen MR) is 106 cm³/mol. The summed E-state index contributed by atoms with van der Waals surface area (Å²) < 4.78 is 0. The zero-order chi connectivity index (χ0) is 18.7. The summed E-state index contributed by atoms with van der Waals surface area (Å²) in [7, 11) is 0. The molecule has 2 aromatic carbocycles. The van der Waals surface area contributed by atoms with E-state index in [2.05, 4.69) is 108 Å². The van der Waals surface area contributed by atoms with E-state index in [1.165, 1.54) is 11.1 Å². The van der Waals surface area contributed by atoms with Crippen molar-refractivity contribution in [1.29, 1.82) is 0 Å². The number of hydroxylamine groups is 2. The molecule has 0 radical (unpaired) electrons.